The van der Waals surface area contributed by atoms with E-state index >= 15 is 0 Å². The molecule has 2 nitrogen and oxygen atoms in total. The van der Waals surface area contributed by atoms with E-state index in [1.54, 1.807) is 5.57 Å². The lowest BCUT2D eigenvalue weighted by atomic mass is 9.82. The van der Waals surface area contributed by atoms with Crippen LogP contribution in [0.4, 0.5) is 0 Å². The molecule has 2 fully saturated rings. The maximum atomic E-state index is 3.85. The van der Waals surface area contributed by atoms with Crippen molar-refractivity contribution in [1.29, 1.82) is 0 Å². The van der Waals surface area contributed by atoms with E-state index in [0.29, 0.717) is 6.04 Å². The van der Waals surface area contributed by atoms with Gasteiger partial charge < -0.3 is 5.32 Å². The van der Waals surface area contributed by atoms with Crippen LogP contribution >= 0.6 is 0 Å². The second kappa shape index (κ2) is 7.78. The summed E-state index contributed by atoms with van der Waals surface area (Å²) in [7, 11) is 0. The van der Waals surface area contributed by atoms with Crippen molar-refractivity contribution in [3.8, 4) is 0 Å². The normalized spacial score (nSPS) is 32.9. The van der Waals surface area contributed by atoms with Crippen LogP contribution in [0.25, 0.3) is 0 Å². The molecule has 0 aromatic carbocycles. The Kier molecular flexibility index (Phi) is 5.76. The van der Waals surface area contributed by atoms with E-state index in [4.69, 9.17) is 0 Å². The molecule has 1 saturated heterocycles. The highest BCUT2D eigenvalue weighted by Gasteiger charge is 2.30. The Balaban J connectivity index is 1.49. The average molecular weight is 290 g/mol. The molecule has 2 heteroatoms. The third-order valence-electron chi connectivity index (χ3n) is 6.05. The fraction of sp³-hybridized carbons (Fsp3) is 0.895. The summed E-state index contributed by atoms with van der Waals surface area (Å²) in [4.78, 5) is 2.77. The molecular formula is C19H34N2. The van der Waals surface area contributed by atoms with Crippen LogP contribution < -0.4 is 5.32 Å². The van der Waals surface area contributed by atoms with Gasteiger partial charge in [0.15, 0.2) is 0 Å². The molecule has 1 saturated carbocycles. The van der Waals surface area contributed by atoms with E-state index in [9.17, 15) is 0 Å². The summed E-state index contributed by atoms with van der Waals surface area (Å²) in [6.45, 7) is 6.18. The standard InChI is InChI=1S/C19H34N2/c1-16-14-20-19(18-10-6-3-7-11-18)15-21(16)13-12-17-8-4-2-5-9-17/h8,16,18-20H,2-7,9-15H2,1H3. The lowest BCUT2D eigenvalue weighted by Gasteiger charge is -2.43. The number of hydrogen-bond donors (Lipinski definition) is 1. The highest BCUT2D eigenvalue weighted by molar-refractivity contribution is 5.05. The van der Waals surface area contributed by atoms with Crippen molar-refractivity contribution in [3.63, 3.8) is 0 Å². The minimum Gasteiger partial charge on any atom is -0.311 e. The molecule has 0 amide bonds. The summed E-state index contributed by atoms with van der Waals surface area (Å²) in [5.74, 6) is 0.947. The SMILES string of the molecule is CC1CNC(C2CCCCC2)CN1CCC1=CCCCC1. The highest BCUT2D eigenvalue weighted by atomic mass is 15.2. The van der Waals surface area contributed by atoms with Gasteiger partial charge in [-0.25, -0.2) is 0 Å². The highest BCUT2D eigenvalue weighted by Crippen LogP contribution is 2.29. The molecule has 0 spiro atoms. The number of nitrogens with one attached hydrogen (secondary N) is 1. The molecule has 1 heterocycles. The van der Waals surface area contributed by atoms with Crippen LogP contribution in [0.15, 0.2) is 11.6 Å². The first-order valence-corrected chi connectivity index (χ1v) is 9.48. The molecule has 2 aliphatic carbocycles. The smallest absolute Gasteiger partial charge is 0.0224 e. The third kappa shape index (κ3) is 4.32. The van der Waals surface area contributed by atoms with E-state index in [1.807, 2.05) is 0 Å². The summed E-state index contributed by atoms with van der Waals surface area (Å²) < 4.78 is 0. The Morgan fingerprint density at radius 3 is 2.76 bits per heavy atom. The predicted molar refractivity (Wildman–Crippen MR) is 90.6 cm³/mol. The molecule has 1 aliphatic heterocycles. The Morgan fingerprint density at radius 1 is 1.14 bits per heavy atom. The van der Waals surface area contributed by atoms with Gasteiger partial charge in [-0.2, -0.15) is 0 Å². The van der Waals surface area contributed by atoms with Gasteiger partial charge in [-0.15, -0.1) is 0 Å². The van der Waals surface area contributed by atoms with Gasteiger partial charge in [0.1, 0.15) is 0 Å². The zero-order chi connectivity index (χ0) is 14.5. The van der Waals surface area contributed by atoms with Crippen LogP contribution in [0.5, 0.6) is 0 Å². The van der Waals surface area contributed by atoms with Gasteiger partial charge in [0, 0.05) is 31.7 Å². The molecule has 0 aromatic rings. The molecule has 0 aromatic heterocycles. The summed E-state index contributed by atoms with van der Waals surface area (Å²) in [5, 5.41) is 3.85. The van der Waals surface area contributed by atoms with E-state index in [1.165, 1.54) is 83.8 Å². The second-order valence-corrected chi connectivity index (χ2v) is 7.61. The van der Waals surface area contributed by atoms with Crippen molar-refractivity contribution in [2.45, 2.75) is 83.2 Å². The quantitative estimate of drug-likeness (QED) is 0.784. The molecular weight excluding hydrogens is 256 g/mol. The number of rotatable bonds is 4. The summed E-state index contributed by atoms with van der Waals surface area (Å²) in [6.07, 6.45) is 16.7. The number of nitrogens with zero attached hydrogens (tertiary/aromatic N) is 1. The Hall–Kier alpha value is -0.340. The van der Waals surface area contributed by atoms with Crippen molar-refractivity contribution < 1.29 is 0 Å². The minimum absolute atomic E-state index is 0.717. The molecule has 3 rings (SSSR count). The fourth-order valence-corrected chi connectivity index (χ4v) is 4.53. The number of allylic oxidation sites excluding steroid dienone is 1. The second-order valence-electron chi connectivity index (χ2n) is 7.61. The topological polar surface area (TPSA) is 15.3 Å². The Morgan fingerprint density at radius 2 is 2.00 bits per heavy atom. The third-order valence-corrected chi connectivity index (χ3v) is 6.05. The summed E-state index contributed by atoms with van der Waals surface area (Å²) in [6, 6.07) is 1.48. The Labute approximate surface area is 131 Å². The predicted octanol–water partition coefficient (Wildman–Crippen LogP) is 4.12. The first kappa shape index (κ1) is 15.6. The molecule has 1 N–H and O–H groups in total. The van der Waals surface area contributed by atoms with E-state index in [0.717, 1.165) is 12.0 Å². The zero-order valence-corrected chi connectivity index (χ0v) is 13.9. The minimum atomic E-state index is 0.717. The fourth-order valence-electron chi connectivity index (χ4n) is 4.53. The van der Waals surface area contributed by atoms with Crippen molar-refractivity contribution in [2.75, 3.05) is 19.6 Å². The molecule has 21 heavy (non-hydrogen) atoms. The van der Waals surface area contributed by atoms with Crippen molar-refractivity contribution in [3.05, 3.63) is 11.6 Å². The van der Waals surface area contributed by atoms with E-state index in [2.05, 4.69) is 23.2 Å². The van der Waals surface area contributed by atoms with Crippen LogP contribution in [0, 0.1) is 5.92 Å². The first-order chi connectivity index (χ1) is 10.3. The number of hydrogen-bond acceptors (Lipinski definition) is 2. The molecule has 3 aliphatic rings. The monoisotopic (exact) mass is 290 g/mol. The van der Waals surface area contributed by atoms with Crippen molar-refractivity contribution in [2.24, 2.45) is 5.92 Å². The Bertz CT molecular complexity index is 343. The van der Waals surface area contributed by atoms with Gasteiger partial charge in [0.25, 0.3) is 0 Å². The largest absolute Gasteiger partial charge is 0.311 e. The van der Waals surface area contributed by atoms with E-state index in [-0.39, 0.29) is 0 Å². The van der Waals surface area contributed by atoms with E-state index < -0.39 is 0 Å². The molecule has 120 valence electrons. The van der Waals surface area contributed by atoms with Crippen LogP contribution in [0.1, 0.15) is 71.1 Å². The van der Waals surface area contributed by atoms with Gasteiger partial charge in [-0.05, 0) is 57.8 Å². The lowest BCUT2D eigenvalue weighted by Crippen LogP contribution is -2.58. The molecule has 2 unspecified atom stereocenters. The maximum absolute atomic E-state index is 3.85. The lowest BCUT2D eigenvalue weighted by molar-refractivity contribution is 0.105. The van der Waals surface area contributed by atoms with Gasteiger partial charge in [0.05, 0.1) is 0 Å². The molecule has 0 bridgehead atoms. The van der Waals surface area contributed by atoms with Crippen LogP contribution in [0.3, 0.4) is 0 Å². The summed E-state index contributed by atoms with van der Waals surface area (Å²) >= 11 is 0. The molecule has 0 radical (unpaired) electrons. The van der Waals surface area contributed by atoms with Gasteiger partial charge >= 0.3 is 0 Å². The van der Waals surface area contributed by atoms with Crippen LogP contribution in [-0.4, -0.2) is 36.6 Å². The van der Waals surface area contributed by atoms with Crippen molar-refractivity contribution in [1.82, 2.24) is 10.2 Å². The van der Waals surface area contributed by atoms with Gasteiger partial charge in [0.2, 0.25) is 0 Å². The van der Waals surface area contributed by atoms with Crippen LogP contribution in [0.2, 0.25) is 0 Å². The molecule has 2 atom stereocenters. The van der Waals surface area contributed by atoms with Gasteiger partial charge in [-0.3, -0.25) is 4.90 Å². The van der Waals surface area contributed by atoms with Crippen molar-refractivity contribution >= 4 is 0 Å². The first-order valence-electron chi connectivity index (χ1n) is 9.48. The maximum Gasteiger partial charge on any atom is 0.0224 e. The average Bonchev–Trinajstić information content (AvgIpc) is 2.56. The summed E-state index contributed by atoms with van der Waals surface area (Å²) in [5.41, 5.74) is 1.74. The van der Waals surface area contributed by atoms with Gasteiger partial charge in [-0.1, -0.05) is 30.9 Å². The zero-order valence-electron chi connectivity index (χ0n) is 13.9. The number of piperazine rings is 1. The van der Waals surface area contributed by atoms with Crippen LogP contribution in [-0.2, 0) is 0 Å².